The molecule has 0 radical (unpaired) electrons. The lowest BCUT2D eigenvalue weighted by atomic mass is 10.1. The fraction of sp³-hybridized carbons (Fsp3) is 0.167. The highest BCUT2D eigenvalue weighted by Crippen LogP contribution is 2.28. The Kier molecular flexibility index (Phi) is 2.04. The van der Waals surface area contributed by atoms with Gasteiger partial charge in [0.1, 0.15) is 0 Å². The summed E-state index contributed by atoms with van der Waals surface area (Å²) in [6.07, 6.45) is 4.28. The van der Waals surface area contributed by atoms with E-state index in [-0.39, 0.29) is 0 Å². The van der Waals surface area contributed by atoms with Crippen molar-refractivity contribution in [3.8, 4) is 0 Å². The van der Waals surface area contributed by atoms with E-state index in [1.54, 1.807) is 0 Å². The lowest BCUT2D eigenvalue weighted by Gasteiger charge is -1.99. The molecule has 0 aliphatic carbocycles. The SMILES string of the molecule is Clc1ccc2[nH]cc(C3=CCNC3)c2c1. The highest BCUT2D eigenvalue weighted by Gasteiger charge is 2.11. The monoisotopic (exact) mass is 218 g/mol. The Balaban J connectivity index is 2.22. The maximum Gasteiger partial charge on any atom is 0.0461 e. The molecule has 2 nitrogen and oxygen atoms in total. The molecule has 0 unspecified atom stereocenters. The summed E-state index contributed by atoms with van der Waals surface area (Å²) in [4.78, 5) is 3.27. The predicted molar refractivity (Wildman–Crippen MR) is 64.2 cm³/mol. The van der Waals surface area contributed by atoms with Crippen LogP contribution in [0.2, 0.25) is 5.02 Å². The van der Waals surface area contributed by atoms with Crippen LogP contribution < -0.4 is 5.32 Å². The number of hydrogen-bond acceptors (Lipinski definition) is 1. The van der Waals surface area contributed by atoms with E-state index in [0.29, 0.717) is 0 Å². The fourth-order valence-electron chi connectivity index (χ4n) is 2.04. The van der Waals surface area contributed by atoms with Crippen LogP contribution in [0.3, 0.4) is 0 Å². The minimum atomic E-state index is 0.787. The second kappa shape index (κ2) is 3.40. The second-order valence-corrected chi connectivity index (χ2v) is 4.19. The van der Waals surface area contributed by atoms with Gasteiger partial charge >= 0.3 is 0 Å². The summed E-state index contributed by atoms with van der Waals surface area (Å²) in [7, 11) is 0. The molecule has 3 heteroatoms. The van der Waals surface area contributed by atoms with E-state index in [2.05, 4.69) is 22.6 Å². The lowest BCUT2D eigenvalue weighted by Crippen LogP contribution is -2.07. The molecule has 1 aliphatic heterocycles. The van der Waals surface area contributed by atoms with Crippen molar-refractivity contribution in [2.75, 3.05) is 13.1 Å². The van der Waals surface area contributed by atoms with Crippen LogP contribution >= 0.6 is 11.6 Å². The molecule has 15 heavy (non-hydrogen) atoms. The molecular weight excluding hydrogens is 208 g/mol. The van der Waals surface area contributed by atoms with Crippen LogP contribution in [0.1, 0.15) is 5.56 Å². The summed E-state index contributed by atoms with van der Waals surface area (Å²) < 4.78 is 0. The van der Waals surface area contributed by atoms with E-state index < -0.39 is 0 Å². The Morgan fingerprint density at radius 2 is 2.20 bits per heavy atom. The van der Waals surface area contributed by atoms with Crippen LogP contribution in [-0.2, 0) is 0 Å². The molecule has 2 N–H and O–H groups in total. The van der Waals surface area contributed by atoms with Gasteiger partial charge in [-0.15, -0.1) is 0 Å². The quantitative estimate of drug-likeness (QED) is 0.757. The van der Waals surface area contributed by atoms with Gasteiger partial charge in [-0.1, -0.05) is 17.7 Å². The van der Waals surface area contributed by atoms with E-state index in [1.165, 1.54) is 16.5 Å². The molecule has 76 valence electrons. The maximum absolute atomic E-state index is 6.01. The molecule has 0 saturated carbocycles. The van der Waals surface area contributed by atoms with E-state index in [1.807, 2.05) is 18.2 Å². The summed E-state index contributed by atoms with van der Waals surface area (Å²) in [5.74, 6) is 0. The Morgan fingerprint density at radius 1 is 1.27 bits per heavy atom. The first kappa shape index (κ1) is 9.01. The number of fused-ring (bicyclic) bond motifs is 1. The van der Waals surface area contributed by atoms with Gasteiger partial charge in [-0.2, -0.15) is 0 Å². The molecule has 0 fully saturated rings. The summed E-state index contributed by atoms with van der Waals surface area (Å²) in [5, 5.41) is 5.29. The van der Waals surface area contributed by atoms with Gasteiger partial charge in [0.05, 0.1) is 0 Å². The third kappa shape index (κ3) is 1.46. The number of nitrogens with one attached hydrogen (secondary N) is 2. The molecule has 0 saturated heterocycles. The number of hydrogen-bond donors (Lipinski definition) is 2. The fourth-order valence-corrected chi connectivity index (χ4v) is 2.21. The van der Waals surface area contributed by atoms with E-state index in [0.717, 1.165) is 23.6 Å². The highest BCUT2D eigenvalue weighted by molar-refractivity contribution is 6.31. The van der Waals surface area contributed by atoms with Gasteiger partial charge in [0.2, 0.25) is 0 Å². The molecule has 1 aliphatic rings. The van der Waals surface area contributed by atoms with Gasteiger partial charge in [-0.25, -0.2) is 0 Å². The lowest BCUT2D eigenvalue weighted by molar-refractivity contribution is 0.897. The van der Waals surface area contributed by atoms with Crippen molar-refractivity contribution >= 4 is 28.1 Å². The minimum absolute atomic E-state index is 0.787. The molecule has 2 heterocycles. The molecule has 0 atom stereocenters. The number of rotatable bonds is 1. The Bertz CT molecular complexity index is 540. The highest BCUT2D eigenvalue weighted by atomic mass is 35.5. The van der Waals surface area contributed by atoms with Gasteiger partial charge in [0, 0.05) is 40.8 Å². The Labute approximate surface area is 92.9 Å². The van der Waals surface area contributed by atoms with Crippen molar-refractivity contribution < 1.29 is 0 Å². The maximum atomic E-state index is 6.01. The number of H-pyrrole nitrogens is 1. The predicted octanol–water partition coefficient (Wildman–Crippen LogP) is 2.81. The molecule has 3 rings (SSSR count). The van der Waals surface area contributed by atoms with E-state index >= 15 is 0 Å². The average Bonchev–Trinajstić information content (AvgIpc) is 2.83. The van der Waals surface area contributed by atoms with Crippen molar-refractivity contribution in [1.82, 2.24) is 10.3 Å². The van der Waals surface area contributed by atoms with Crippen molar-refractivity contribution in [2.24, 2.45) is 0 Å². The first-order valence-corrected chi connectivity index (χ1v) is 5.39. The molecule has 0 spiro atoms. The third-order valence-electron chi connectivity index (χ3n) is 2.80. The molecule has 1 aromatic carbocycles. The van der Waals surface area contributed by atoms with Crippen LogP contribution in [0.4, 0.5) is 0 Å². The van der Waals surface area contributed by atoms with Crippen molar-refractivity contribution in [2.45, 2.75) is 0 Å². The third-order valence-corrected chi connectivity index (χ3v) is 3.03. The smallest absolute Gasteiger partial charge is 0.0461 e. The van der Waals surface area contributed by atoms with Crippen LogP contribution in [0.25, 0.3) is 16.5 Å². The zero-order valence-corrected chi connectivity index (χ0v) is 8.93. The van der Waals surface area contributed by atoms with Crippen LogP contribution in [-0.4, -0.2) is 18.1 Å². The van der Waals surface area contributed by atoms with Gasteiger partial charge in [-0.3, -0.25) is 0 Å². The van der Waals surface area contributed by atoms with Crippen LogP contribution in [0.15, 0.2) is 30.5 Å². The molecule has 2 aromatic rings. The Hall–Kier alpha value is -1.25. The first-order chi connectivity index (χ1) is 7.34. The largest absolute Gasteiger partial charge is 0.361 e. The second-order valence-electron chi connectivity index (χ2n) is 3.75. The number of benzene rings is 1. The van der Waals surface area contributed by atoms with Gasteiger partial charge in [-0.05, 0) is 23.8 Å². The molecule has 0 bridgehead atoms. The number of aromatic amines is 1. The van der Waals surface area contributed by atoms with Crippen molar-refractivity contribution in [3.63, 3.8) is 0 Å². The summed E-state index contributed by atoms with van der Waals surface area (Å²) in [6.45, 7) is 1.90. The van der Waals surface area contributed by atoms with E-state index in [9.17, 15) is 0 Å². The first-order valence-electron chi connectivity index (χ1n) is 5.01. The van der Waals surface area contributed by atoms with Gasteiger partial charge < -0.3 is 10.3 Å². The normalized spacial score (nSPS) is 15.9. The van der Waals surface area contributed by atoms with Gasteiger partial charge in [0.15, 0.2) is 0 Å². The Morgan fingerprint density at radius 3 is 3.00 bits per heavy atom. The molecule has 1 aromatic heterocycles. The summed E-state index contributed by atoms with van der Waals surface area (Å²) in [5.41, 5.74) is 3.75. The summed E-state index contributed by atoms with van der Waals surface area (Å²) >= 11 is 6.01. The average molecular weight is 219 g/mol. The number of halogens is 1. The topological polar surface area (TPSA) is 27.8 Å². The molecule has 0 amide bonds. The summed E-state index contributed by atoms with van der Waals surface area (Å²) in [6, 6.07) is 5.94. The standard InChI is InChI=1S/C12H11ClN2/c13-9-1-2-12-10(5-9)11(7-15-12)8-3-4-14-6-8/h1-3,5,7,14-15H,4,6H2. The van der Waals surface area contributed by atoms with Crippen molar-refractivity contribution in [1.29, 1.82) is 0 Å². The van der Waals surface area contributed by atoms with Crippen LogP contribution in [0, 0.1) is 0 Å². The van der Waals surface area contributed by atoms with Crippen LogP contribution in [0.5, 0.6) is 0 Å². The van der Waals surface area contributed by atoms with E-state index in [4.69, 9.17) is 11.6 Å². The minimum Gasteiger partial charge on any atom is -0.361 e. The molecular formula is C12H11ClN2. The zero-order chi connectivity index (χ0) is 10.3. The van der Waals surface area contributed by atoms with Gasteiger partial charge in [0.25, 0.3) is 0 Å². The zero-order valence-electron chi connectivity index (χ0n) is 8.18. The van der Waals surface area contributed by atoms with Crippen molar-refractivity contribution in [3.05, 3.63) is 41.1 Å². The number of aromatic nitrogens is 1.